The summed E-state index contributed by atoms with van der Waals surface area (Å²) in [7, 11) is -3.56. The summed E-state index contributed by atoms with van der Waals surface area (Å²) in [5, 5.41) is 4.01. The van der Waals surface area contributed by atoms with Gasteiger partial charge in [0.25, 0.3) is 5.91 Å². The lowest BCUT2D eigenvalue weighted by atomic mass is 10.1. The van der Waals surface area contributed by atoms with Gasteiger partial charge in [0.15, 0.2) is 5.76 Å². The molecule has 1 saturated heterocycles. The average molecular weight is 447 g/mol. The van der Waals surface area contributed by atoms with Gasteiger partial charge in [0.2, 0.25) is 10.0 Å². The number of hydrogen-bond acceptors (Lipinski definition) is 4. The monoisotopic (exact) mass is 446 g/mol. The van der Waals surface area contributed by atoms with Crippen LogP contribution in [0.25, 0.3) is 11.0 Å². The Morgan fingerprint density at radius 2 is 1.87 bits per heavy atom. The number of aryl methyl sites for hydroxylation is 1. The van der Waals surface area contributed by atoms with E-state index in [0.717, 1.165) is 24.8 Å². The van der Waals surface area contributed by atoms with Crippen LogP contribution in [0.5, 0.6) is 0 Å². The van der Waals surface area contributed by atoms with Crippen molar-refractivity contribution in [2.24, 2.45) is 0 Å². The van der Waals surface area contributed by atoms with E-state index in [2.05, 4.69) is 5.32 Å². The molecule has 1 fully saturated rings. The molecule has 1 aromatic heterocycles. The predicted molar refractivity (Wildman–Crippen MR) is 116 cm³/mol. The Labute approximate surface area is 180 Å². The van der Waals surface area contributed by atoms with E-state index < -0.39 is 10.0 Å². The fourth-order valence-corrected chi connectivity index (χ4v) is 5.48. The van der Waals surface area contributed by atoms with E-state index in [9.17, 15) is 13.2 Å². The highest BCUT2D eigenvalue weighted by Crippen LogP contribution is 2.30. The molecule has 0 radical (unpaired) electrons. The number of hydrogen-bond donors (Lipinski definition) is 1. The summed E-state index contributed by atoms with van der Waals surface area (Å²) in [4.78, 5) is 12.9. The van der Waals surface area contributed by atoms with Crippen LogP contribution < -0.4 is 5.32 Å². The van der Waals surface area contributed by atoms with Gasteiger partial charge in [-0.25, -0.2) is 8.42 Å². The number of sulfonamides is 1. The van der Waals surface area contributed by atoms with Crippen molar-refractivity contribution in [3.8, 4) is 0 Å². The summed E-state index contributed by atoms with van der Waals surface area (Å²) >= 11 is 6.14. The van der Waals surface area contributed by atoms with Crippen molar-refractivity contribution in [1.29, 1.82) is 0 Å². The van der Waals surface area contributed by atoms with E-state index in [1.807, 2.05) is 18.2 Å². The Bertz CT molecular complexity index is 1200. The molecule has 0 unspecified atom stereocenters. The van der Waals surface area contributed by atoms with E-state index in [-0.39, 0.29) is 23.1 Å². The van der Waals surface area contributed by atoms with Crippen LogP contribution in [-0.4, -0.2) is 31.7 Å². The molecule has 0 bridgehead atoms. The highest BCUT2D eigenvalue weighted by molar-refractivity contribution is 7.89. The Morgan fingerprint density at radius 1 is 1.13 bits per heavy atom. The van der Waals surface area contributed by atoms with Crippen LogP contribution >= 0.6 is 11.6 Å². The number of carbonyl (C=O) groups is 1. The van der Waals surface area contributed by atoms with E-state index in [4.69, 9.17) is 16.0 Å². The summed E-state index contributed by atoms with van der Waals surface area (Å²) in [6.07, 6.45) is 2.81. The molecule has 2 heterocycles. The Morgan fingerprint density at radius 3 is 2.60 bits per heavy atom. The molecule has 30 heavy (non-hydrogen) atoms. The van der Waals surface area contributed by atoms with Crippen LogP contribution in [0.4, 0.5) is 0 Å². The molecule has 0 atom stereocenters. The van der Waals surface area contributed by atoms with Crippen molar-refractivity contribution in [3.05, 3.63) is 64.4 Å². The van der Waals surface area contributed by atoms with Crippen molar-refractivity contribution >= 4 is 38.5 Å². The summed E-state index contributed by atoms with van der Waals surface area (Å²) < 4.78 is 33.2. The van der Waals surface area contributed by atoms with Crippen LogP contribution in [-0.2, 0) is 16.6 Å². The maximum Gasteiger partial charge on any atom is 0.287 e. The molecule has 6 nitrogen and oxygen atoms in total. The topological polar surface area (TPSA) is 79.6 Å². The van der Waals surface area contributed by atoms with Gasteiger partial charge >= 0.3 is 0 Å². The maximum atomic E-state index is 13.0. The number of halogens is 1. The Balaban J connectivity index is 1.59. The molecule has 158 valence electrons. The van der Waals surface area contributed by atoms with E-state index in [1.165, 1.54) is 4.31 Å². The van der Waals surface area contributed by atoms with Crippen LogP contribution in [0, 0.1) is 6.92 Å². The van der Waals surface area contributed by atoms with Gasteiger partial charge in [0.1, 0.15) is 5.58 Å². The normalized spacial score (nSPS) is 15.4. The molecule has 8 heteroatoms. The van der Waals surface area contributed by atoms with Gasteiger partial charge in [-0.3, -0.25) is 4.79 Å². The molecule has 3 aromatic rings. The zero-order valence-electron chi connectivity index (χ0n) is 16.7. The standard InChI is InChI=1S/C22H23ClN2O4S/c1-15-18-13-17(30(27,28)25-11-5-2-6-12-25)9-10-20(18)29-21(15)22(26)24-14-16-7-3-4-8-19(16)23/h3-4,7-10,13H,2,5-6,11-12,14H2,1H3,(H,24,26). The zero-order chi connectivity index (χ0) is 21.3. The summed E-state index contributed by atoms with van der Waals surface area (Å²) in [6, 6.07) is 12.0. The summed E-state index contributed by atoms with van der Waals surface area (Å²) in [6.45, 7) is 3.11. The minimum Gasteiger partial charge on any atom is -0.451 e. The second-order valence-corrected chi connectivity index (χ2v) is 9.80. The molecular formula is C22H23ClN2O4S. The van der Waals surface area contributed by atoms with Gasteiger partial charge < -0.3 is 9.73 Å². The van der Waals surface area contributed by atoms with Gasteiger partial charge in [-0.05, 0) is 49.6 Å². The molecule has 4 rings (SSSR count). The number of fused-ring (bicyclic) bond motifs is 1. The minimum atomic E-state index is -3.56. The number of carbonyl (C=O) groups excluding carboxylic acids is 1. The number of piperidine rings is 1. The number of rotatable bonds is 5. The van der Waals surface area contributed by atoms with Gasteiger partial charge in [-0.15, -0.1) is 0 Å². The first-order valence-corrected chi connectivity index (χ1v) is 11.7. The number of nitrogens with zero attached hydrogens (tertiary/aromatic N) is 1. The van der Waals surface area contributed by atoms with E-state index in [0.29, 0.717) is 34.6 Å². The minimum absolute atomic E-state index is 0.171. The lowest BCUT2D eigenvalue weighted by Gasteiger charge is -2.25. The quantitative estimate of drug-likeness (QED) is 0.625. The van der Waals surface area contributed by atoms with Crippen molar-refractivity contribution in [2.45, 2.75) is 37.6 Å². The Hall–Kier alpha value is -2.35. The smallest absolute Gasteiger partial charge is 0.287 e. The first-order chi connectivity index (χ1) is 14.4. The largest absolute Gasteiger partial charge is 0.451 e. The fraction of sp³-hybridized carbons (Fsp3) is 0.318. The van der Waals surface area contributed by atoms with Gasteiger partial charge in [0, 0.05) is 35.6 Å². The second-order valence-electron chi connectivity index (χ2n) is 7.45. The van der Waals surface area contributed by atoms with Crippen LogP contribution in [0.1, 0.15) is 40.9 Å². The van der Waals surface area contributed by atoms with Crippen molar-refractivity contribution in [1.82, 2.24) is 9.62 Å². The number of nitrogens with one attached hydrogen (secondary N) is 1. The number of benzene rings is 2. The molecule has 1 amide bonds. The molecule has 0 saturated carbocycles. The zero-order valence-corrected chi connectivity index (χ0v) is 18.2. The molecule has 0 spiro atoms. The summed E-state index contributed by atoms with van der Waals surface area (Å²) in [5.41, 5.74) is 1.89. The molecule has 0 aliphatic carbocycles. The number of amides is 1. The lowest BCUT2D eigenvalue weighted by Crippen LogP contribution is -2.35. The average Bonchev–Trinajstić information content (AvgIpc) is 3.09. The highest BCUT2D eigenvalue weighted by atomic mass is 35.5. The van der Waals surface area contributed by atoms with Crippen LogP contribution in [0.2, 0.25) is 5.02 Å². The van der Waals surface area contributed by atoms with Crippen molar-refractivity contribution in [2.75, 3.05) is 13.1 Å². The first kappa shape index (κ1) is 20.9. The van der Waals surface area contributed by atoms with Crippen LogP contribution in [0.15, 0.2) is 51.8 Å². The first-order valence-electron chi connectivity index (χ1n) is 9.93. The van der Waals surface area contributed by atoms with Crippen LogP contribution in [0.3, 0.4) is 0 Å². The molecular weight excluding hydrogens is 424 g/mol. The SMILES string of the molecule is Cc1c(C(=O)NCc2ccccc2Cl)oc2ccc(S(=O)(=O)N3CCCCC3)cc12. The van der Waals surface area contributed by atoms with Gasteiger partial charge in [-0.1, -0.05) is 36.2 Å². The number of furan rings is 1. The molecule has 1 N–H and O–H groups in total. The fourth-order valence-electron chi connectivity index (χ4n) is 3.73. The molecule has 1 aliphatic heterocycles. The third-order valence-electron chi connectivity index (χ3n) is 5.46. The van der Waals surface area contributed by atoms with E-state index in [1.54, 1.807) is 31.2 Å². The van der Waals surface area contributed by atoms with E-state index >= 15 is 0 Å². The lowest BCUT2D eigenvalue weighted by molar-refractivity contribution is 0.0924. The molecule has 2 aromatic carbocycles. The third-order valence-corrected chi connectivity index (χ3v) is 7.73. The van der Waals surface area contributed by atoms with Crippen molar-refractivity contribution < 1.29 is 17.6 Å². The second kappa shape index (κ2) is 8.41. The highest BCUT2D eigenvalue weighted by Gasteiger charge is 2.27. The third kappa shape index (κ3) is 3.97. The van der Waals surface area contributed by atoms with Crippen molar-refractivity contribution in [3.63, 3.8) is 0 Å². The Kier molecular flexibility index (Phi) is 5.86. The molecule has 1 aliphatic rings. The summed E-state index contributed by atoms with van der Waals surface area (Å²) in [5.74, 6) is -0.200. The maximum absolute atomic E-state index is 13.0. The van der Waals surface area contributed by atoms with Gasteiger partial charge in [-0.2, -0.15) is 4.31 Å². The predicted octanol–water partition coefficient (Wildman–Crippen LogP) is 4.50. The van der Waals surface area contributed by atoms with Gasteiger partial charge in [0.05, 0.1) is 4.90 Å².